The molecular weight excluding hydrogens is 236 g/mol. The van der Waals surface area contributed by atoms with Crippen LogP contribution in [-0.4, -0.2) is 38.6 Å². The van der Waals surface area contributed by atoms with Gasteiger partial charge in [-0.15, -0.1) is 11.8 Å². The van der Waals surface area contributed by atoms with Crippen molar-refractivity contribution in [2.45, 2.75) is 25.1 Å². The van der Waals surface area contributed by atoms with Gasteiger partial charge in [-0.3, -0.25) is 4.79 Å². The van der Waals surface area contributed by atoms with E-state index in [9.17, 15) is 9.90 Å². The zero-order valence-electron chi connectivity index (χ0n) is 9.80. The smallest absolute Gasteiger partial charge is 0.277 e. The summed E-state index contributed by atoms with van der Waals surface area (Å²) < 4.78 is 0. The second-order valence-corrected chi connectivity index (χ2v) is 5.27. The van der Waals surface area contributed by atoms with E-state index in [2.05, 4.69) is 11.9 Å². The Morgan fingerprint density at radius 3 is 3.24 bits per heavy atom. The number of carbonyl (C=O) groups is 1. The lowest BCUT2D eigenvalue weighted by Gasteiger charge is -2.23. The van der Waals surface area contributed by atoms with Crippen LogP contribution in [0.15, 0.2) is 18.3 Å². The third-order valence-electron chi connectivity index (χ3n) is 2.78. The molecule has 1 atom stereocenters. The highest BCUT2D eigenvalue weighted by Gasteiger charge is 2.31. The van der Waals surface area contributed by atoms with Crippen molar-refractivity contribution in [1.82, 2.24) is 9.88 Å². The van der Waals surface area contributed by atoms with Crippen molar-refractivity contribution >= 4 is 17.7 Å². The fraction of sp³-hybridized carbons (Fsp3) is 0.500. The summed E-state index contributed by atoms with van der Waals surface area (Å²) in [6.45, 7) is 2.85. The topological polar surface area (TPSA) is 53.4 Å². The predicted octanol–water partition coefficient (Wildman–Crippen LogP) is 2.10. The predicted molar refractivity (Wildman–Crippen MR) is 68.1 cm³/mol. The van der Waals surface area contributed by atoms with E-state index >= 15 is 0 Å². The minimum Gasteiger partial charge on any atom is -0.505 e. The lowest BCUT2D eigenvalue weighted by Crippen LogP contribution is -2.35. The average Bonchev–Trinajstić information content (AvgIpc) is 2.78. The summed E-state index contributed by atoms with van der Waals surface area (Å²) in [6, 6.07) is 3.12. The van der Waals surface area contributed by atoms with Crippen molar-refractivity contribution in [3.63, 3.8) is 0 Å². The molecule has 1 aliphatic rings. The molecule has 5 heteroatoms. The minimum absolute atomic E-state index is 0.0374. The first-order valence-electron chi connectivity index (χ1n) is 5.80. The van der Waals surface area contributed by atoms with Gasteiger partial charge >= 0.3 is 0 Å². The van der Waals surface area contributed by atoms with Crippen molar-refractivity contribution in [1.29, 1.82) is 0 Å². The number of aromatic nitrogens is 1. The number of hydrogen-bond donors (Lipinski definition) is 1. The van der Waals surface area contributed by atoms with Gasteiger partial charge in [0.25, 0.3) is 5.91 Å². The normalized spacial score (nSPS) is 19.6. The van der Waals surface area contributed by atoms with E-state index in [0.717, 1.165) is 25.1 Å². The molecule has 1 unspecified atom stereocenters. The molecule has 0 spiro atoms. The molecule has 1 saturated heterocycles. The van der Waals surface area contributed by atoms with Gasteiger partial charge in [0.2, 0.25) is 0 Å². The summed E-state index contributed by atoms with van der Waals surface area (Å²) in [7, 11) is 0. The Labute approximate surface area is 105 Å². The van der Waals surface area contributed by atoms with Crippen molar-refractivity contribution in [3.05, 3.63) is 24.0 Å². The van der Waals surface area contributed by atoms with Gasteiger partial charge in [-0.05, 0) is 18.6 Å². The van der Waals surface area contributed by atoms with Gasteiger partial charge in [-0.2, -0.15) is 0 Å². The van der Waals surface area contributed by atoms with Gasteiger partial charge in [0.05, 0.1) is 5.37 Å². The Morgan fingerprint density at radius 1 is 1.71 bits per heavy atom. The van der Waals surface area contributed by atoms with Crippen LogP contribution in [0.5, 0.6) is 5.75 Å². The molecule has 0 saturated carbocycles. The highest BCUT2D eigenvalue weighted by Crippen LogP contribution is 2.29. The molecule has 0 aliphatic carbocycles. The first-order valence-corrected chi connectivity index (χ1v) is 6.85. The largest absolute Gasteiger partial charge is 0.505 e. The number of nitrogens with zero attached hydrogens (tertiary/aromatic N) is 2. The van der Waals surface area contributed by atoms with Crippen LogP contribution < -0.4 is 0 Å². The van der Waals surface area contributed by atoms with Gasteiger partial charge in [0.1, 0.15) is 5.75 Å². The summed E-state index contributed by atoms with van der Waals surface area (Å²) in [6.07, 6.45) is 3.57. The van der Waals surface area contributed by atoms with Gasteiger partial charge in [-0.25, -0.2) is 4.98 Å². The maximum absolute atomic E-state index is 12.2. The Bertz CT molecular complexity index is 411. The second-order valence-electron chi connectivity index (χ2n) is 3.98. The standard InChI is InChI=1S/C12H16N2O2S/c1-2-4-10-14(7-8-17-10)12(16)11-9(15)5-3-6-13-11/h3,5-6,10,15H,2,4,7-8H2,1H3. The third-order valence-corrected chi connectivity index (χ3v) is 4.07. The van der Waals surface area contributed by atoms with Crippen LogP contribution in [0, 0.1) is 0 Å². The lowest BCUT2D eigenvalue weighted by molar-refractivity contribution is 0.0747. The molecule has 1 fully saturated rings. The molecule has 2 rings (SSSR count). The number of aromatic hydroxyl groups is 1. The van der Waals surface area contributed by atoms with Crippen LogP contribution in [0.25, 0.3) is 0 Å². The van der Waals surface area contributed by atoms with E-state index in [1.54, 1.807) is 17.8 Å². The number of amides is 1. The van der Waals surface area contributed by atoms with Gasteiger partial charge < -0.3 is 10.0 Å². The van der Waals surface area contributed by atoms with Crippen molar-refractivity contribution in [2.24, 2.45) is 0 Å². The number of thioether (sulfide) groups is 1. The maximum Gasteiger partial charge on any atom is 0.277 e. The Balaban J connectivity index is 2.17. The fourth-order valence-electron chi connectivity index (χ4n) is 1.94. The minimum atomic E-state index is -0.161. The molecule has 2 heterocycles. The number of pyridine rings is 1. The molecule has 0 radical (unpaired) electrons. The highest BCUT2D eigenvalue weighted by atomic mass is 32.2. The fourth-order valence-corrected chi connectivity index (χ4v) is 3.29. The van der Waals surface area contributed by atoms with E-state index < -0.39 is 0 Å². The quantitative estimate of drug-likeness (QED) is 0.895. The number of hydrogen-bond acceptors (Lipinski definition) is 4. The zero-order valence-corrected chi connectivity index (χ0v) is 10.6. The molecule has 1 aliphatic heterocycles. The summed E-state index contributed by atoms with van der Waals surface area (Å²) in [5.74, 6) is 0.764. The number of rotatable bonds is 3. The molecule has 1 aromatic rings. The van der Waals surface area contributed by atoms with E-state index in [4.69, 9.17) is 0 Å². The molecule has 1 N–H and O–H groups in total. The average molecular weight is 252 g/mol. The van der Waals surface area contributed by atoms with Crippen LogP contribution in [0.4, 0.5) is 0 Å². The molecule has 1 aromatic heterocycles. The van der Waals surface area contributed by atoms with Gasteiger partial charge in [0.15, 0.2) is 5.69 Å². The summed E-state index contributed by atoms with van der Waals surface area (Å²) in [4.78, 5) is 18.0. The molecule has 1 amide bonds. The molecular formula is C12H16N2O2S. The molecule has 0 aromatic carbocycles. The zero-order chi connectivity index (χ0) is 12.3. The Hall–Kier alpha value is -1.23. The Kier molecular flexibility index (Phi) is 3.89. The first-order chi connectivity index (χ1) is 8.24. The first kappa shape index (κ1) is 12.2. The van der Waals surface area contributed by atoms with Crippen LogP contribution in [-0.2, 0) is 0 Å². The molecule has 92 valence electrons. The van der Waals surface area contributed by atoms with E-state index in [0.29, 0.717) is 0 Å². The van der Waals surface area contributed by atoms with Crippen LogP contribution in [0.1, 0.15) is 30.3 Å². The van der Waals surface area contributed by atoms with E-state index in [-0.39, 0.29) is 22.7 Å². The summed E-state index contributed by atoms with van der Waals surface area (Å²) >= 11 is 1.80. The van der Waals surface area contributed by atoms with Crippen molar-refractivity contribution < 1.29 is 9.90 Å². The van der Waals surface area contributed by atoms with Crippen molar-refractivity contribution in [3.8, 4) is 5.75 Å². The molecule has 17 heavy (non-hydrogen) atoms. The highest BCUT2D eigenvalue weighted by molar-refractivity contribution is 8.00. The van der Waals surface area contributed by atoms with Gasteiger partial charge in [0, 0.05) is 18.5 Å². The molecule has 4 nitrogen and oxygen atoms in total. The van der Waals surface area contributed by atoms with Crippen LogP contribution >= 0.6 is 11.8 Å². The van der Waals surface area contributed by atoms with Crippen LogP contribution in [0.3, 0.4) is 0 Å². The third kappa shape index (κ3) is 2.54. The van der Waals surface area contributed by atoms with Crippen molar-refractivity contribution in [2.75, 3.05) is 12.3 Å². The Morgan fingerprint density at radius 2 is 2.53 bits per heavy atom. The summed E-state index contributed by atoms with van der Waals surface area (Å²) in [5.41, 5.74) is 0.163. The summed E-state index contributed by atoms with van der Waals surface area (Å²) in [5, 5.41) is 9.87. The van der Waals surface area contributed by atoms with E-state index in [1.165, 1.54) is 12.3 Å². The van der Waals surface area contributed by atoms with Crippen LogP contribution in [0.2, 0.25) is 0 Å². The monoisotopic (exact) mass is 252 g/mol. The van der Waals surface area contributed by atoms with Gasteiger partial charge in [-0.1, -0.05) is 13.3 Å². The molecule has 0 bridgehead atoms. The second kappa shape index (κ2) is 5.40. The van der Waals surface area contributed by atoms with E-state index in [1.807, 2.05) is 4.90 Å². The lowest BCUT2D eigenvalue weighted by atomic mass is 10.2. The number of carbonyl (C=O) groups excluding carboxylic acids is 1. The maximum atomic E-state index is 12.2. The SMILES string of the molecule is CCCC1SCCN1C(=O)c1ncccc1O.